The highest BCUT2D eigenvalue weighted by Crippen LogP contribution is 2.31. The van der Waals surface area contributed by atoms with E-state index in [1.165, 1.54) is 31.2 Å². The zero-order valence-corrected chi connectivity index (χ0v) is 12.1. The van der Waals surface area contributed by atoms with Crippen LogP contribution in [-0.2, 0) is 0 Å². The summed E-state index contributed by atoms with van der Waals surface area (Å²) in [6.45, 7) is 4.98. The van der Waals surface area contributed by atoms with E-state index in [0.29, 0.717) is 12.5 Å². The summed E-state index contributed by atoms with van der Waals surface area (Å²) < 4.78 is 5.71. The first-order chi connectivity index (χ1) is 9.15. The van der Waals surface area contributed by atoms with E-state index in [4.69, 9.17) is 4.74 Å². The molecule has 1 unspecified atom stereocenters. The highest BCUT2D eigenvalue weighted by Gasteiger charge is 2.24. The number of benzene rings is 1. The Morgan fingerprint density at radius 3 is 2.68 bits per heavy atom. The van der Waals surface area contributed by atoms with Crippen LogP contribution in [0.2, 0.25) is 0 Å². The molecular formula is C17H26O2. The largest absolute Gasteiger partial charge is 0.493 e. The van der Waals surface area contributed by atoms with Crippen LogP contribution >= 0.6 is 0 Å². The predicted octanol–water partition coefficient (Wildman–Crippen LogP) is 3.95. The number of aliphatic hydroxyl groups excluding tert-OH is 1. The molecule has 19 heavy (non-hydrogen) atoms. The van der Waals surface area contributed by atoms with Gasteiger partial charge in [0.05, 0.1) is 12.7 Å². The van der Waals surface area contributed by atoms with Crippen LogP contribution in [0.3, 0.4) is 0 Å². The van der Waals surface area contributed by atoms with Crippen molar-refractivity contribution >= 4 is 0 Å². The van der Waals surface area contributed by atoms with Gasteiger partial charge in [0.15, 0.2) is 0 Å². The maximum absolute atomic E-state index is 10.2. The summed E-state index contributed by atoms with van der Waals surface area (Å²) >= 11 is 0. The topological polar surface area (TPSA) is 29.5 Å². The Bertz CT molecular complexity index is 381. The van der Waals surface area contributed by atoms with Gasteiger partial charge in [0.2, 0.25) is 0 Å². The Labute approximate surface area is 116 Å². The Morgan fingerprint density at radius 1 is 1.26 bits per heavy atom. The first kappa shape index (κ1) is 14.4. The lowest BCUT2D eigenvalue weighted by atomic mass is 9.79. The van der Waals surface area contributed by atoms with Crippen molar-refractivity contribution < 1.29 is 9.84 Å². The van der Waals surface area contributed by atoms with Crippen molar-refractivity contribution in [2.75, 3.05) is 6.61 Å². The summed E-state index contributed by atoms with van der Waals surface area (Å²) in [6, 6.07) is 8.07. The quantitative estimate of drug-likeness (QED) is 0.870. The molecule has 1 fully saturated rings. The third kappa shape index (κ3) is 4.54. The Balaban J connectivity index is 1.70. The minimum atomic E-state index is -0.197. The van der Waals surface area contributed by atoms with Gasteiger partial charge in [-0.3, -0.25) is 0 Å². The number of hydrogen-bond acceptors (Lipinski definition) is 2. The standard InChI is InChI=1S/C17H26O2/c1-13-6-8-15(9-7-13)17(18)10-11-19-16-5-3-4-14(2)12-16/h3-5,12-13,15,17-18H,6-11H2,1-2H3. The molecule has 106 valence electrons. The molecule has 1 aliphatic rings. The first-order valence-corrected chi connectivity index (χ1v) is 7.52. The van der Waals surface area contributed by atoms with Crippen molar-refractivity contribution in [1.29, 1.82) is 0 Å². The van der Waals surface area contributed by atoms with Crippen molar-refractivity contribution in [2.24, 2.45) is 11.8 Å². The second kappa shape index (κ2) is 6.95. The van der Waals surface area contributed by atoms with Gasteiger partial charge in [-0.2, -0.15) is 0 Å². The number of aliphatic hydroxyl groups is 1. The Kier molecular flexibility index (Phi) is 5.26. The van der Waals surface area contributed by atoms with Crippen LogP contribution < -0.4 is 4.74 Å². The molecule has 1 atom stereocenters. The minimum Gasteiger partial charge on any atom is -0.493 e. The average molecular weight is 262 g/mol. The van der Waals surface area contributed by atoms with E-state index < -0.39 is 0 Å². The molecule has 2 rings (SSSR count). The van der Waals surface area contributed by atoms with Crippen LogP contribution in [0.25, 0.3) is 0 Å². The highest BCUT2D eigenvalue weighted by molar-refractivity contribution is 5.27. The van der Waals surface area contributed by atoms with E-state index in [1.54, 1.807) is 0 Å². The van der Waals surface area contributed by atoms with Gasteiger partial charge in [-0.15, -0.1) is 0 Å². The van der Waals surface area contributed by atoms with Crippen LogP contribution in [0.15, 0.2) is 24.3 Å². The zero-order valence-electron chi connectivity index (χ0n) is 12.1. The molecule has 0 heterocycles. The van der Waals surface area contributed by atoms with E-state index in [2.05, 4.69) is 19.9 Å². The molecular weight excluding hydrogens is 236 g/mol. The lowest BCUT2D eigenvalue weighted by molar-refractivity contribution is 0.0568. The second-order valence-corrected chi connectivity index (χ2v) is 6.04. The van der Waals surface area contributed by atoms with Crippen LogP contribution in [0.5, 0.6) is 5.75 Å². The molecule has 0 saturated heterocycles. The van der Waals surface area contributed by atoms with Crippen molar-refractivity contribution in [3.63, 3.8) is 0 Å². The van der Waals surface area contributed by atoms with E-state index in [0.717, 1.165) is 18.1 Å². The van der Waals surface area contributed by atoms with Crippen LogP contribution in [-0.4, -0.2) is 17.8 Å². The third-order valence-electron chi connectivity index (χ3n) is 4.28. The monoisotopic (exact) mass is 262 g/mol. The first-order valence-electron chi connectivity index (χ1n) is 7.52. The van der Waals surface area contributed by atoms with Crippen molar-refractivity contribution in [3.8, 4) is 5.75 Å². The van der Waals surface area contributed by atoms with Crippen molar-refractivity contribution in [1.82, 2.24) is 0 Å². The van der Waals surface area contributed by atoms with E-state index in [1.807, 2.05) is 18.2 Å². The van der Waals surface area contributed by atoms with Crippen LogP contribution in [0.4, 0.5) is 0 Å². The molecule has 1 saturated carbocycles. The Morgan fingerprint density at radius 2 is 2.00 bits per heavy atom. The highest BCUT2D eigenvalue weighted by atomic mass is 16.5. The molecule has 1 aromatic rings. The number of aryl methyl sites for hydroxylation is 1. The minimum absolute atomic E-state index is 0.197. The van der Waals surface area contributed by atoms with Crippen molar-refractivity contribution in [3.05, 3.63) is 29.8 Å². The smallest absolute Gasteiger partial charge is 0.119 e. The Hall–Kier alpha value is -1.02. The molecule has 0 amide bonds. The number of rotatable bonds is 5. The van der Waals surface area contributed by atoms with E-state index in [9.17, 15) is 5.11 Å². The van der Waals surface area contributed by atoms with Gasteiger partial charge in [0, 0.05) is 6.42 Å². The fourth-order valence-electron chi connectivity index (χ4n) is 2.91. The van der Waals surface area contributed by atoms with Gasteiger partial charge < -0.3 is 9.84 Å². The summed E-state index contributed by atoms with van der Waals surface area (Å²) in [7, 11) is 0. The molecule has 1 aliphatic carbocycles. The molecule has 1 aromatic carbocycles. The van der Waals surface area contributed by atoms with Gasteiger partial charge in [0.1, 0.15) is 5.75 Å². The molecule has 1 N–H and O–H groups in total. The summed E-state index contributed by atoms with van der Waals surface area (Å²) in [6.07, 6.45) is 5.42. The third-order valence-corrected chi connectivity index (χ3v) is 4.28. The zero-order chi connectivity index (χ0) is 13.7. The molecule has 0 bridgehead atoms. The van der Waals surface area contributed by atoms with Crippen molar-refractivity contribution in [2.45, 2.75) is 52.1 Å². The summed E-state index contributed by atoms with van der Waals surface area (Å²) in [5.74, 6) is 2.23. The second-order valence-electron chi connectivity index (χ2n) is 6.04. The number of hydrogen-bond donors (Lipinski definition) is 1. The average Bonchev–Trinajstić information content (AvgIpc) is 2.39. The lowest BCUT2D eigenvalue weighted by Gasteiger charge is -2.29. The molecule has 2 nitrogen and oxygen atoms in total. The van der Waals surface area contributed by atoms with Gasteiger partial charge in [-0.25, -0.2) is 0 Å². The normalized spacial score (nSPS) is 25.0. The fourth-order valence-corrected chi connectivity index (χ4v) is 2.91. The maximum Gasteiger partial charge on any atom is 0.119 e. The van der Waals surface area contributed by atoms with Crippen LogP contribution in [0.1, 0.15) is 44.6 Å². The van der Waals surface area contributed by atoms with Gasteiger partial charge >= 0.3 is 0 Å². The number of ether oxygens (including phenoxy) is 1. The molecule has 0 aromatic heterocycles. The summed E-state index contributed by atoms with van der Waals surface area (Å²) in [4.78, 5) is 0. The van der Waals surface area contributed by atoms with Gasteiger partial charge in [-0.1, -0.05) is 31.9 Å². The molecule has 0 aliphatic heterocycles. The predicted molar refractivity (Wildman–Crippen MR) is 78.4 cm³/mol. The maximum atomic E-state index is 10.2. The lowest BCUT2D eigenvalue weighted by Crippen LogP contribution is -2.26. The van der Waals surface area contributed by atoms with Gasteiger partial charge in [0.25, 0.3) is 0 Å². The molecule has 0 spiro atoms. The summed E-state index contributed by atoms with van der Waals surface area (Å²) in [5, 5.41) is 10.2. The van der Waals surface area contributed by atoms with Crippen LogP contribution in [0, 0.1) is 18.8 Å². The van der Waals surface area contributed by atoms with E-state index >= 15 is 0 Å². The summed E-state index contributed by atoms with van der Waals surface area (Å²) in [5.41, 5.74) is 1.21. The van der Waals surface area contributed by atoms with E-state index in [-0.39, 0.29) is 6.10 Å². The van der Waals surface area contributed by atoms with Gasteiger partial charge in [-0.05, 0) is 49.3 Å². The molecule has 2 heteroatoms. The molecule has 0 radical (unpaired) electrons. The SMILES string of the molecule is Cc1cccc(OCCC(O)C2CCC(C)CC2)c1. The fraction of sp³-hybridized carbons (Fsp3) is 0.647.